The van der Waals surface area contributed by atoms with Crippen LogP contribution in [0.5, 0.6) is 0 Å². The number of aliphatic hydroxyl groups is 1. The minimum absolute atomic E-state index is 0.163. The standard InChI is InChI=1S/C13H21NOS/c1-10(11-7-8-16-9-11)14-12-5-3-2-4-6-13(12)15/h7-10,12-15H,2-6H2,1H3. The number of thiophene rings is 1. The molecule has 0 saturated heterocycles. The molecule has 0 aliphatic heterocycles. The summed E-state index contributed by atoms with van der Waals surface area (Å²) in [6, 6.07) is 2.78. The Balaban J connectivity index is 1.92. The smallest absolute Gasteiger partial charge is 0.0693 e. The van der Waals surface area contributed by atoms with Gasteiger partial charge in [0.05, 0.1) is 6.10 Å². The van der Waals surface area contributed by atoms with Crippen LogP contribution in [0.1, 0.15) is 50.6 Å². The predicted octanol–water partition coefficient (Wildman–Crippen LogP) is 3.09. The average molecular weight is 239 g/mol. The van der Waals surface area contributed by atoms with Crippen molar-refractivity contribution < 1.29 is 5.11 Å². The van der Waals surface area contributed by atoms with Gasteiger partial charge in [0.1, 0.15) is 0 Å². The third kappa shape index (κ3) is 3.06. The van der Waals surface area contributed by atoms with Crippen molar-refractivity contribution in [1.29, 1.82) is 0 Å². The van der Waals surface area contributed by atoms with Gasteiger partial charge in [-0.2, -0.15) is 11.3 Å². The Bertz CT molecular complexity index is 299. The molecule has 16 heavy (non-hydrogen) atoms. The molecule has 1 aromatic heterocycles. The third-order valence-electron chi connectivity index (χ3n) is 3.49. The summed E-state index contributed by atoms with van der Waals surface area (Å²) in [7, 11) is 0. The van der Waals surface area contributed by atoms with Crippen LogP contribution < -0.4 is 5.32 Å². The van der Waals surface area contributed by atoms with Gasteiger partial charge < -0.3 is 10.4 Å². The fraction of sp³-hybridized carbons (Fsp3) is 0.692. The molecular formula is C13H21NOS. The maximum Gasteiger partial charge on any atom is 0.0693 e. The summed E-state index contributed by atoms with van der Waals surface area (Å²) in [5.41, 5.74) is 1.33. The summed E-state index contributed by atoms with van der Waals surface area (Å²) >= 11 is 1.73. The van der Waals surface area contributed by atoms with Crippen LogP contribution in [0, 0.1) is 0 Å². The van der Waals surface area contributed by atoms with E-state index in [-0.39, 0.29) is 12.1 Å². The van der Waals surface area contributed by atoms with Crippen LogP contribution in [0.3, 0.4) is 0 Å². The van der Waals surface area contributed by atoms with E-state index in [2.05, 4.69) is 29.1 Å². The Morgan fingerprint density at radius 1 is 1.38 bits per heavy atom. The molecule has 1 aromatic rings. The Labute approximate surface area is 102 Å². The summed E-state index contributed by atoms with van der Waals surface area (Å²) in [5.74, 6) is 0. The van der Waals surface area contributed by atoms with E-state index in [1.165, 1.54) is 24.8 Å². The number of rotatable bonds is 3. The number of aliphatic hydroxyl groups excluding tert-OH is 1. The van der Waals surface area contributed by atoms with Crippen LogP contribution in [-0.4, -0.2) is 17.3 Å². The van der Waals surface area contributed by atoms with Gasteiger partial charge in [0.15, 0.2) is 0 Å². The summed E-state index contributed by atoms with van der Waals surface area (Å²) in [5, 5.41) is 17.9. The molecule has 90 valence electrons. The highest BCUT2D eigenvalue weighted by molar-refractivity contribution is 7.07. The molecule has 1 heterocycles. The van der Waals surface area contributed by atoms with Gasteiger partial charge in [0.25, 0.3) is 0 Å². The summed E-state index contributed by atoms with van der Waals surface area (Å²) in [6.07, 6.45) is 5.58. The molecule has 0 amide bonds. The molecule has 1 aliphatic rings. The Morgan fingerprint density at radius 3 is 2.94 bits per heavy atom. The van der Waals surface area contributed by atoms with Gasteiger partial charge in [-0.1, -0.05) is 19.3 Å². The van der Waals surface area contributed by atoms with Crippen LogP contribution in [0.4, 0.5) is 0 Å². The lowest BCUT2D eigenvalue weighted by Crippen LogP contribution is -2.40. The Morgan fingerprint density at radius 2 is 2.19 bits per heavy atom. The zero-order chi connectivity index (χ0) is 11.4. The molecule has 0 bridgehead atoms. The third-order valence-corrected chi connectivity index (χ3v) is 4.19. The molecule has 1 aliphatic carbocycles. The molecule has 2 N–H and O–H groups in total. The first-order chi connectivity index (χ1) is 7.77. The average Bonchev–Trinajstić information content (AvgIpc) is 2.73. The van der Waals surface area contributed by atoms with E-state index >= 15 is 0 Å². The van der Waals surface area contributed by atoms with Gasteiger partial charge in [-0.25, -0.2) is 0 Å². The second-order valence-corrected chi connectivity index (χ2v) is 5.54. The monoisotopic (exact) mass is 239 g/mol. The first-order valence-corrected chi connectivity index (χ1v) is 7.18. The van der Waals surface area contributed by atoms with Crippen molar-refractivity contribution in [1.82, 2.24) is 5.32 Å². The lowest BCUT2D eigenvalue weighted by atomic mass is 10.0. The van der Waals surface area contributed by atoms with Crippen molar-refractivity contribution in [3.05, 3.63) is 22.4 Å². The second-order valence-electron chi connectivity index (χ2n) is 4.76. The van der Waals surface area contributed by atoms with Gasteiger partial charge in [-0.05, 0) is 42.2 Å². The fourth-order valence-corrected chi connectivity index (χ4v) is 3.18. The number of hydrogen-bond acceptors (Lipinski definition) is 3. The van der Waals surface area contributed by atoms with Crippen LogP contribution in [-0.2, 0) is 0 Å². The zero-order valence-corrected chi connectivity index (χ0v) is 10.7. The fourth-order valence-electron chi connectivity index (χ4n) is 2.42. The Kier molecular flexibility index (Phi) is 4.38. The van der Waals surface area contributed by atoms with E-state index < -0.39 is 0 Å². The quantitative estimate of drug-likeness (QED) is 0.794. The van der Waals surface area contributed by atoms with E-state index in [0.29, 0.717) is 6.04 Å². The number of nitrogens with one attached hydrogen (secondary N) is 1. The van der Waals surface area contributed by atoms with Gasteiger partial charge in [-0.3, -0.25) is 0 Å². The maximum absolute atomic E-state index is 10.0. The van der Waals surface area contributed by atoms with Crippen molar-refractivity contribution >= 4 is 11.3 Å². The minimum atomic E-state index is -0.163. The van der Waals surface area contributed by atoms with Crippen LogP contribution >= 0.6 is 11.3 Å². The van der Waals surface area contributed by atoms with Crippen LogP contribution in [0.2, 0.25) is 0 Å². The summed E-state index contributed by atoms with van der Waals surface area (Å²) < 4.78 is 0. The van der Waals surface area contributed by atoms with Crippen molar-refractivity contribution in [2.24, 2.45) is 0 Å². The van der Waals surface area contributed by atoms with E-state index in [0.717, 1.165) is 12.8 Å². The number of hydrogen-bond donors (Lipinski definition) is 2. The van der Waals surface area contributed by atoms with Crippen LogP contribution in [0.25, 0.3) is 0 Å². The highest BCUT2D eigenvalue weighted by atomic mass is 32.1. The first-order valence-electron chi connectivity index (χ1n) is 6.23. The molecule has 0 aromatic carbocycles. The van der Waals surface area contributed by atoms with Crippen molar-refractivity contribution in [2.75, 3.05) is 0 Å². The lowest BCUT2D eigenvalue weighted by Gasteiger charge is -2.25. The van der Waals surface area contributed by atoms with Gasteiger partial charge in [0, 0.05) is 12.1 Å². The van der Waals surface area contributed by atoms with E-state index in [9.17, 15) is 5.11 Å². The molecule has 3 unspecified atom stereocenters. The van der Waals surface area contributed by atoms with Crippen molar-refractivity contribution in [3.63, 3.8) is 0 Å². The highest BCUT2D eigenvalue weighted by Gasteiger charge is 2.23. The predicted molar refractivity (Wildman–Crippen MR) is 68.7 cm³/mol. The van der Waals surface area contributed by atoms with Crippen molar-refractivity contribution in [2.45, 2.75) is 57.2 Å². The van der Waals surface area contributed by atoms with Gasteiger partial charge >= 0.3 is 0 Å². The minimum Gasteiger partial charge on any atom is -0.392 e. The van der Waals surface area contributed by atoms with Crippen LogP contribution in [0.15, 0.2) is 16.8 Å². The molecule has 0 radical (unpaired) electrons. The SMILES string of the molecule is CC(NC1CCCCCC1O)c1ccsc1. The largest absolute Gasteiger partial charge is 0.392 e. The van der Waals surface area contributed by atoms with E-state index in [4.69, 9.17) is 0 Å². The zero-order valence-electron chi connectivity index (χ0n) is 9.86. The van der Waals surface area contributed by atoms with Gasteiger partial charge in [0.2, 0.25) is 0 Å². The molecule has 1 fully saturated rings. The Hall–Kier alpha value is -0.380. The highest BCUT2D eigenvalue weighted by Crippen LogP contribution is 2.22. The maximum atomic E-state index is 10.0. The molecule has 3 heteroatoms. The first kappa shape index (κ1) is 12.1. The molecule has 2 nitrogen and oxygen atoms in total. The molecular weight excluding hydrogens is 218 g/mol. The lowest BCUT2D eigenvalue weighted by molar-refractivity contribution is 0.115. The van der Waals surface area contributed by atoms with E-state index in [1.807, 2.05) is 0 Å². The second kappa shape index (κ2) is 5.80. The topological polar surface area (TPSA) is 32.3 Å². The molecule has 2 rings (SSSR count). The summed E-state index contributed by atoms with van der Waals surface area (Å²) in [6.45, 7) is 2.18. The summed E-state index contributed by atoms with van der Waals surface area (Å²) in [4.78, 5) is 0. The van der Waals surface area contributed by atoms with E-state index in [1.54, 1.807) is 11.3 Å². The normalized spacial score (nSPS) is 28.6. The molecule has 0 spiro atoms. The van der Waals surface area contributed by atoms with Gasteiger partial charge in [-0.15, -0.1) is 0 Å². The van der Waals surface area contributed by atoms with Crippen molar-refractivity contribution in [3.8, 4) is 0 Å². The molecule has 1 saturated carbocycles. The molecule has 3 atom stereocenters.